The molecule has 0 aliphatic carbocycles. The number of rotatable bonds is 4. The molecule has 90 valence electrons. The number of nitrogens with zero attached hydrogens (tertiary/aromatic N) is 1. The molecule has 2 aromatic rings. The highest BCUT2D eigenvalue weighted by atomic mass is 35.5. The molecule has 6 heteroatoms. The molecule has 0 radical (unpaired) electrons. The van der Waals surface area contributed by atoms with E-state index in [2.05, 4.69) is 4.98 Å². The Morgan fingerprint density at radius 3 is 2.94 bits per heavy atom. The van der Waals surface area contributed by atoms with Crippen molar-refractivity contribution < 1.29 is 9.13 Å². The van der Waals surface area contributed by atoms with E-state index in [-0.39, 0.29) is 11.6 Å². The van der Waals surface area contributed by atoms with E-state index < -0.39 is 5.82 Å². The number of hydrogen-bond acceptors (Lipinski definition) is 4. The number of aromatic nitrogens is 1. The third kappa shape index (κ3) is 3.15. The first-order chi connectivity index (χ1) is 8.19. The summed E-state index contributed by atoms with van der Waals surface area (Å²) in [5.41, 5.74) is 6.23. The van der Waals surface area contributed by atoms with E-state index in [1.54, 1.807) is 6.07 Å². The van der Waals surface area contributed by atoms with Gasteiger partial charge in [-0.2, -0.15) is 0 Å². The molecule has 0 saturated heterocycles. The van der Waals surface area contributed by atoms with Gasteiger partial charge in [-0.05, 0) is 12.1 Å². The van der Waals surface area contributed by atoms with Crippen LogP contribution in [0.1, 0.15) is 10.7 Å². The molecule has 2 rings (SSSR count). The number of nitrogens with two attached hydrogens (primary N) is 1. The third-order valence-electron chi connectivity index (χ3n) is 2.05. The van der Waals surface area contributed by atoms with Gasteiger partial charge in [0.15, 0.2) is 0 Å². The first-order valence-corrected chi connectivity index (χ1v) is 6.16. The summed E-state index contributed by atoms with van der Waals surface area (Å²) in [5.74, 6) is -0.0701. The van der Waals surface area contributed by atoms with Gasteiger partial charge in [0.1, 0.15) is 23.2 Å². The topological polar surface area (TPSA) is 48.1 Å². The van der Waals surface area contributed by atoms with Crippen LogP contribution in [-0.2, 0) is 13.2 Å². The van der Waals surface area contributed by atoms with Gasteiger partial charge in [0.05, 0.1) is 10.7 Å². The Kier molecular flexibility index (Phi) is 3.93. The molecule has 0 aliphatic heterocycles. The lowest BCUT2D eigenvalue weighted by molar-refractivity contribution is 0.300. The van der Waals surface area contributed by atoms with Crippen LogP contribution in [0.25, 0.3) is 0 Å². The summed E-state index contributed by atoms with van der Waals surface area (Å²) >= 11 is 7.04. The average molecular weight is 273 g/mol. The smallest absolute Gasteiger partial charge is 0.145 e. The summed E-state index contributed by atoms with van der Waals surface area (Å²) in [4.78, 5) is 4.23. The molecule has 0 fully saturated rings. The molecule has 0 saturated carbocycles. The van der Waals surface area contributed by atoms with Crippen molar-refractivity contribution in [3.63, 3.8) is 0 Å². The first kappa shape index (κ1) is 12.3. The average Bonchev–Trinajstić information content (AvgIpc) is 2.79. The van der Waals surface area contributed by atoms with Crippen LogP contribution in [0.15, 0.2) is 23.6 Å². The molecule has 2 N–H and O–H groups in total. The van der Waals surface area contributed by atoms with Crippen LogP contribution in [0.2, 0.25) is 5.02 Å². The summed E-state index contributed by atoms with van der Waals surface area (Å²) in [5, 5.41) is 2.80. The Morgan fingerprint density at radius 2 is 2.29 bits per heavy atom. The standard InChI is InChI=1S/C11H10ClFN2OS/c12-9-2-1-8(3-10(9)13)16-5-7-6-17-11(4-14)15-7/h1-3,6H,4-5,14H2. The van der Waals surface area contributed by atoms with Crippen LogP contribution in [0.3, 0.4) is 0 Å². The van der Waals surface area contributed by atoms with Crippen LogP contribution in [0.5, 0.6) is 5.75 Å². The molecular weight excluding hydrogens is 263 g/mol. The number of ether oxygens (including phenoxy) is 1. The second kappa shape index (κ2) is 5.44. The Balaban J connectivity index is 1.99. The minimum atomic E-state index is -0.495. The van der Waals surface area contributed by atoms with E-state index in [1.807, 2.05) is 5.38 Å². The number of halogens is 2. The lowest BCUT2D eigenvalue weighted by atomic mass is 10.3. The van der Waals surface area contributed by atoms with Gasteiger partial charge < -0.3 is 10.5 Å². The van der Waals surface area contributed by atoms with Gasteiger partial charge in [-0.25, -0.2) is 9.37 Å². The maximum Gasteiger partial charge on any atom is 0.145 e. The van der Waals surface area contributed by atoms with E-state index in [0.29, 0.717) is 12.3 Å². The van der Waals surface area contributed by atoms with Gasteiger partial charge in [0, 0.05) is 18.0 Å². The summed E-state index contributed by atoms with van der Waals surface area (Å²) < 4.78 is 18.5. The molecule has 0 unspecified atom stereocenters. The molecule has 17 heavy (non-hydrogen) atoms. The SMILES string of the molecule is NCc1nc(COc2ccc(Cl)c(F)c2)cs1. The van der Waals surface area contributed by atoms with Crippen molar-refractivity contribution in [3.8, 4) is 5.75 Å². The Bertz CT molecular complexity index is 518. The van der Waals surface area contributed by atoms with Crippen molar-refractivity contribution in [2.24, 2.45) is 5.73 Å². The summed E-state index contributed by atoms with van der Waals surface area (Å²) in [6.07, 6.45) is 0. The monoisotopic (exact) mass is 272 g/mol. The fourth-order valence-corrected chi connectivity index (χ4v) is 2.01. The van der Waals surface area contributed by atoms with Crippen molar-refractivity contribution in [2.75, 3.05) is 0 Å². The largest absolute Gasteiger partial charge is 0.487 e. The van der Waals surface area contributed by atoms with E-state index in [1.165, 1.54) is 23.5 Å². The van der Waals surface area contributed by atoms with Crippen LogP contribution < -0.4 is 10.5 Å². The van der Waals surface area contributed by atoms with Crippen molar-refractivity contribution in [2.45, 2.75) is 13.2 Å². The minimum Gasteiger partial charge on any atom is -0.487 e. The quantitative estimate of drug-likeness (QED) is 0.931. The number of benzene rings is 1. The van der Waals surface area contributed by atoms with Gasteiger partial charge in [0.2, 0.25) is 0 Å². The Hall–Kier alpha value is -1.17. The van der Waals surface area contributed by atoms with Crippen molar-refractivity contribution in [3.05, 3.63) is 45.1 Å². The first-order valence-electron chi connectivity index (χ1n) is 4.90. The van der Waals surface area contributed by atoms with Crippen LogP contribution in [0, 0.1) is 5.82 Å². The second-order valence-corrected chi connectivity index (χ2v) is 4.65. The van der Waals surface area contributed by atoms with Crippen molar-refractivity contribution in [1.29, 1.82) is 0 Å². The molecule has 1 aromatic carbocycles. The van der Waals surface area contributed by atoms with Gasteiger partial charge in [-0.3, -0.25) is 0 Å². The summed E-state index contributed by atoms with van der Waals surface area (Å²) in [6.45, 7) is 0.706. The van der Waals surface area contributed by atoms with E-state index >= 15 is 0 Å². The molecule has 0 aliphatic rings. The van der Waals surface area contributed by atoms with Gasteiger partial charge >= 0.3 is 0 Å². The molecule has 1 aromatic heterocycles. The zero-order valence-electron chi connectivity index (χ0n) is 8.82. The zero-order chi connectivity index (χ0) is 12.3. The highest BCUT2D eigenvalue weighted by molar-refractivity contribution is 7.09. The van der Waals surface area contributed by atoms with Gasteiger partial charge in [-0.1, -0.05) is 11.6 Å². The maximum atomic E-state index is 13.1. The molecule has 0 atom stereocenters. The van der Waals surface area contributed by atoms with E-state index in [4.69, 9.17) is 22.1 Å². The summed E-state index contributed by atoms with van der Waals surface area (Å²) in [7, 11) is 0. The Morgan fingerprint density at radius 1 is 1.47 bits per heavy atom. The fourth-order valence-electron chi connectivity index (χ4n) is 1.23. The molecule has 0 spiro atoms. The Labute approximate surface area is 107 Å². The second-order valence-electron chi connectivity index (χ2n) is 3.30. The highest BCUT2D eigenvalue weighted by Crippen LogP contribution is 2.21. The van der Waals surface area contributed by atoms with E-state index in [9.17, 15) is 4.39 Å². The predicted molar refractivity (Wildman–Crippen MR) is 65.7 cm³/mol. The maximum absolute atomic E-state index is 13.1. The van der Waals surface area contributed by atoms with Crippen LogP contribution >= 0.6 is 22.9 Å². The van der Waals surface area contributed by atoms with E-state index in [0.717, 1.165) is 10.7 Å². The molecule has 3 nitrogen and oxygen atoms in total. The highest BCUT2D eigenvalue weighted by Gasteiger charge is 2.04. The molecular formula is C11H10ClFN2OS. The van der Waals surface area contributed by atoms with Crippen LogP contribution in [-0.4, -0.2) is 4.98 Å². The zero-order valence-corrected chi connectivity index (χ0v) is 10.4. The normalized spacial score (nSPS) is 10.5. The van der Waals surface area contributed by atoms with Gasteiger partial charge in [0.25, 0.3) is 0 Å². The van der Waals surface area contributed by atoms with Crippen LogP contribution in [0.4, 0.5) is 4.39 Å². The summed E-state index contributed by atoms with van der Waals surface area (Å²) in [6, 6.07) is 4.32. The number of hydrogen-bond donors (Lipinski definition) is 1. The number of thiazole rings is 1. The lowest BCUT2D eigenvalue weighted by Crippen LogP contribution is -1.99. The fraction of sp³-hybridized carbons (Fsp3) is 0.182. The molecule has 0 bridgehead atoms. The van der Waals surface area contributed by atoms with Crippen molar-refractivity contribution >= 4 is 22.9 Å². The predicted octanol–water partition coefficient (Wildman–Crippen LogP) is 2.97. The minimum absolute atomic E-state index is 0.0800. The lowest BCUT2D eigenvalue weighted by Gasteiger charge is -2.04. The molecule has 1 heterocycles. The van der Waals surface area contributed by atoms with Crippen molar-refractivity contribution in [1.82, 2.24) is 4.98 Å². The molecule has 0 amide bonds. The third-order valence-corrected chi connectivity index (χ3v) is 3.28. The van der Waals surface area contributed by atoms with Gasteiger partial charge in [-0.15, -0.1) is 11.3 Å².